The lowest BCUT2D eigenvalue weighted by Gasteiger charge is -2.09. The Kier molecular flexibility index (Phi) is 4.02. The molecule has 0 fully saturated rings. The van der Waals surface area contributed by atoms with Gasteiger partial charge in [-0.05, 0) is 42.8 Å². The summed E-state index contributed by atoms with van der Waals surface area (Å²) in [5.74, 6) is 0.652. The van der Waals surface area contributed by atoms with Gasteiger partial charge in [-0.15, -0.1) is 0 Å². The number of pyridine rings is 1. The molecular weight excluding hydrogens is 264 g/mol. The van der Waals surface area contributed by atoms with E-state index in [-0.39, 0.29) is 5.91 Å². The number of benzene rings is 1. The third-order valence-corrected chi connectivity index (χ3v) is 2.80. The molecule has 0 saturated heterocycles. The highest BCUT2D eigenvalue weighted by atomic mass is 35.5. The van der Waals surface area contributed by atoms with Crippen LogP contribution < -0.4 is 10.1 Å². The van der Waals surface area contributed by atoms with E-state index in [0.29, 0.717) is 22.2 Å². The van der Waals surface area contributed by atoms with Crippen LogP contribution in [0.4, 0.5) is 5.82 Å². The van der Waals surface area contributed by atoms with Crippen molar-refractivity contribution in [3.8, 4) is 5.75 Å². The molecule has 0 aliphatic carbocycles. The van der Waals surface area contributed by atoms with Gasteiger partial charge in [0.15, 0.2) is 0 Å². The van der Waals surface area contributed by atoms with E-state index in [1.807, 2.05) is 13.0 Å². The Morgan fingerprint density at radius 1 is 1.32 bits per heavy atom. The third-order valence-electron chi connectivity index (χ3n) is 2.56. The first-order valence-electron chi connectivity index (χ1n) is 5.67. The Bertz CT molecular complexity index is 614. The summed E-state index contributed by atoms with van der Waals surface area (Å²) >= 11 is 5.89. The molecule has 0 bridgehead atoms. The number of amides is 1. The number of aromatic nitrogens is 1. The van der Waals surface area contributed by atoms with Crippen LogP contribution in [-0.4, -0.2) is 18.0 Å². The summed E-state index contributed by atoms with van der Waals surface area (Å²) in [6, 6.07) is 8.53. The highest BCUT2D eigenvalue weighted by molar-refractivity contribution is 6.31. The molecule has 0 spiro atoms. The Labute approximate surface area is 116 Å². The predicted molar refractivity (Wildman–Crippen MR) is 74.9 cm³/mol. The lowest BCUT2D eigenvalue weighted by atomic mass is 10.2. The average molecular weight is 277 g/mol. The van der Waals surface area contributed by atoms with E-state index in [4.69, 9.17) is 16.3 Å². The number of halogens is 1. The van der Waals surface area contributed by atoms with Gasteiger partial charge in [0.1, 0.15) is 11.6 Å². The van der Waals surface area contributed by atoms with Crippen LogP contribution in [0.3, 0.4) is 0 Å². The Hall–Kier alpha value is -2.07. The number of ether oxygens (including phenoxy) is 1. The van der Waals surface area contributed by atoms with E-state index >= 15 is 0 Å². The van der Waals surface area contributed by atoms with Gasteiger partial charge in [-0.25, -0.2) is 4.98 Å². The van der Waals surface area contributed by atoms with Crippen LogP contribution in [0.25, 0.3) is 0 Å². The van der Waals surface area contributed by atoms with Crippen molar-refractivity contribution in [1.29, 1.82) is 0 Å². The number of anilines is 1. The smallest absolute Gasteiger partial charge is 0.260 e. The molecule has 0 radical (unpaired) electrons. The fourth-order valence-electron chi connectivity index (χ4n) is 1.65. The van der Waals surface area contributed by atoms with Crippen molar-refractivity contribution >= 4 is 23.3 Å². The molecule has 1 N–H and O–H groups in total. The molecule has 0 aliphatic rings. The first-order valence-corrected chi connectivity index (χ1v) is 6.05. The average Bonchev–Trinajstić information content (AvgIpc) is 2.38. The normalized spacial score (nSPS) is 10.1. The highest BCUT2D eigenvalue weighted by Gasteiger charge is 2.13. The van der Waals surface area contributed by atoms with Crippen LogP contribution in [0.1, 0.15) is 15.9 Å². The molecule has 1 heterocycles. The third kappa shape index (κ3) is 3.23. The first kappa shape index (κ1) is 13.4. The van der Waals surface area contributed by atoms with Gasteiger partial charge >= 0.3 is 0 Å². The second-order valence-electron chi connectivity index (χ2n) is 4.02. The van der Waals surface area contributed by atoms with Crippen LogP contribution in [-0.2, 0) is 0 Å². The highest BCUT2D eigenvalue weighted by Crippen LogP contribution is 2.23. The largest absolute Gasteiger partial charge is 0.496 e. The van der Waals surface area contributed by atoms with E-state index in [9.17, 15) is 4.79 Å². The monoisotopic (exact) mass is 276 g/mol. The van der Waals surface area contributed by atoms with Gasteiger partial charge in [-0.2, -0.15) is 0 Å². The minimum absolute atomic E-state index is 0.308. The summed E-state index contributed by atoms with van der Waals surface area (Å²) in [7, 11) is 1.50. The molecule has 19 heavy (non-hydrogen) atoms. The minimum atomic E-state index is -0.308. The lowest BCUT2D eigenvalue weighted by Crippen LogP contribution is -2.14. The zero-order valence-electron chi connectivity index (χ0n) is 10.6. The van der Waals surface area contributed by atoms with E-state index in [1.54, 1.807) is 30.5 Å². The van der Waals surface area contributed by atoms with Crippen molar-refractivity contribution in [2.75, 3.05) is 12.4 Å². The zero-order chi connectivity index (χ0) is 13.8. The molecule has 98 valence electrons. The number of nitrogens with one attached hydrogen (secondary N) is 1. The summed E-state index contributed by atoms with van der Waals surface area (Å²) < 4.78 is 5.14. The van der Waals surface area contributed by atoms with Crippen molar-refractivity contribution in [3.63, 3.8) is 0 Å². The number of hydrogen-bond donors (Lipinski definition) is 1. The van der Waals surface area contributed by atoms with Gasteiger partial charge in [-0.3, -0.25) is 4.79 Å². The molecule has 1 aromatic heterocycles. The molecule has 2 aromatic rings. The van der Waals surface area contributed by atoms with Crippen molar-refractivity contribution in [2.24, 2.45) is 0 Å². The van der Waals surface area contributed by atoms with Crippen LogP contribution in [0.15, 0.2) is 36.5 Å². The van der Waals surface area contributed by atoms with Gasteiger partial charge in [0.05, 0.1) is 12.7 Å². The number of aryl methyl sites for hydroxylation is 1. The van der Waals surface area contributed by atoms with Crippen molar-refractivity contribution in [3.05, 3.63) is 52.7 Å². The molecule has 5 heteroatoms. The molecule has 0 unspecified atom stereocenters. The van der Waals surface area contributed by atoms with E-state index in [0.717, 1.165) is 5.56 Å². The molecule has 1 aromatic carbocycles. The quantitative estimate of drug-likeness (QED) is 0.936. The number of hydrogen-bond acceptors (Lipinski definition) is 3. The first-order chi connectivity index (χ1) is 9.10. The van der Waals surface area contributed by atoms with Gasteiger partial charge in [0, 0.05) is 11.2 Å². The van der Waals surface area contributed by atoms with Gasteiger partial charge in [-0.1, -0.05) is 11.6 Å². The van der Waals surface area contributed by atoms with Crippen molar-refractivity contribution in [1.82, 2.24) is 4.98 Å². The van der Waals surface area contributed by atoms with Gasteiger partial charge in [0.2, 0.25) is 0 Å². The van der Waals surface area contributed by atoms with Crippen LogP contribution in [0.5, 0.6) is 5.75 Å². The zero-order valence-corrected chi connectivity index (χ0v) is 11.4. The van der Waals surface area contributed by atoms with Crippen LogP contribution in [0, 0.1) is 6.92 Å². The molecule has 2 rings (SSSR count). The predicted octanol–water partition coefficient (Wildman–Crippen LogP) is 3.30. The maximum Gasteiger partial charge on any atom is 0.260 e. The molecule has 4 nitrogen and oxygen atoms in total. The topological polar surface area (TPSA) is 51.2 Å². The number of rotatable bonds is 3. The second-order valence-corrected chi connectivity index (χ2v) is 4.45. The fraction of sp³-hybridized carbons (Fsp3) is 0.143. The second kappa shape index (κ2) is 5.71. The SMILES string of the molecule is COc1ccc(Cl)cc1C(=O)Nc1cc(C)ccn1. The minimum Gasteiger partial charge on any atom is -0.496 e. The molecule has 1 amide bonds. The molecule has 0 atom stereocenters. The number of methoxy groups -OCH3 is 1. The standard InChI is InChI=1S/C14H13ClN2O2/c1-9-5-6-16-13(7-9)17-14(18)11-8-10(15)3-4-12(11)19-2/h3-8H,1-2H3,(H,16,17,18). The van der Waals surface area contributed by atoms with Gasteiger partial charge < -0.3 is 10.1 Å². The summed E-state index contributed by atoms with van der Waals surface area (Å²) in [4.78, 5) is 16.2. The Morgan fingerprint density at radius 2 is 2.11 bits per heavy atom. The van der Waals surface area contributed by atoms with E-state index in [2.05, 4.69) is 10.3 Å². The van der Waals surface area contributed by atoms with Gasteiger partial charge in [0.25, 0.3) is 5.91 Å². The fourth-order valence-corrected chi connectivity index (χ4v) is 1.82. The number of nitrogens with zero attached hydrogens (tertiary/aromatic N) is 1. The lowest BCUT2D eigenvalue weighted by molar-refractivity contribution is 0.102. The number of carbonyl (C=O) groups excluding carboxylic acids is 1. The Morgan fingerprint density at radius 3 is 2.79 bits per heavy atom. The van der Waals surface area contributed by atoms with E-state index in [1.165, 1.54) is 7.11 Å². The Balaban J connectivity index is 2.27. The maximum absolute atomic E-state index is 12.2. The van der Waals surface area contributed by atoms with Crippen molar-refractivity contribution < 1.29 is 9.53 Å². The summed E-state index contributed by atoms with van der Waals surface area (Å²) in [6.45, 7) is 1.93. The summed E-state index contributed by atoms with van der Waals surface area (Å²) in [5.41, 5.74) is 1.39. The molecule has 0 aliphatic heterocycles. The molecule has 0 saturated carbocycles. The van der Waals surface area contributed by atoms with E-state index < -0.39 is 0 Å². The number of carbonyl (C=O) groups is 1. The van der Waals surface area contributed by atoms with Crippen LogP contribution >= 0.6 is 11.6 Å². The summed E-state index contributed by atoms with van der Waals surface area (Å²) in [6.07, 6.45) is 1.64. The van der Waals surface area contributed by atoms with Crippen LogP contribution in [0.2, 0.25) is 5.02 Å². The maximum atomic E-state index is 12.2. The summed E-state index contributed by atoms with van der Waals surface area (Å²) in [5, 5.41) is 3.19. The van der Waals surface area contributed by atoms with Crippen molar-refractivity contribution in [2.45, 2.75) is 6.92 Å². The molecular formula is C14H13ClN2O2.